The number of aliphatic hydroxyl groups excluding tert-OH is 1. The van der Waals surface area contributed by atoms with E-state index in [-0.39, 0.29) is 0 Å². The molecule has 0 radical (unpaired) electrons. The summed E-state index contributed by atoms with van der Waals surface area (Å²) in [5.74, 6) is 0. The minimum absolute atomic E-state index is 0.293. The van der Waals surface area contributed by atoms with Crippen molar-refractivity contribution in [1.82, 2.24) is 4.90 Å². The average molecular weight is 252 g/mol. The number of oxime groups is 1. The molecule has 0 unspecified atom stereocenters. The van der Waals surface area contributed by atoms with Gasteiger partial charge in [-0.25, -0.2) is 0 Å². The molecule has 3 rings (SSSR count). The Morgan fingerprint density at radius 3 is 2.72 bits per heavy atom. The van der Waals surface area contributed by atoms with Crippen molar-refractivity contribution in [2.45, 2.75) is 51.7 Å². The second-order valence-corrected chi connectivity index (χ2v) is 6.76. The first-order valence-corrected chi connectivity index (χ1v) is 7.05. The number of rotatable bonds is 1. The van der Waals surface area contributed by atoms with Gasteiger partial charge in [-0.05, 0) is 36.6 Å². The van der Waals surface area contributed by atoms with Gasteiger partial charge in [0.1, 0.15) is 18.9 Å². The lowest BCUT2D eigenvalue weighted by Crippen LogP contribution is -2.46. The summed E-state index contributed by atoms with van der Waals surface area (Å²) in [5, 5.41) is 14.3. The van der Waals surface area contributed by atoms with E-state index in [9.17, 15) is 5.11 Å². The summed E-state index contributed by atoms with van der Waals surface area (Å²) in [6.45, 7) is 6.59. The van der Waals surface area contributed by atoms with Crippen LogP contribution in [0.2, 0.25) is 0 Å². The summed E-state index contributed by atoms with van der Waals surface area (Å²) >= 11 is 0. The normalized spacial score (nSPS) is 45.0. The Labute approximate surface area is 109 Å². The molecule has 1 aliphatic carbocycles. The summed E-state index contributed by atoms with van der Waals surface area (Å²) in [6.07, 6.45) is 4.64. The fourth-order valence-corrected chi connectivity index (χ4v) is 4.74. The summed E-state index contributed by atoms with van der Waals surface area (Å²) in [7, 11) is 1.57. The molecule has 1 spiro atoms. The molecular formula is C14H24N2O2. The van der Waals surface area contributed by atoms with Gasteiger partial charge < -0.3 is 9.94 Å². The zero-order valence-electron chi connectivity index (χ0n) is 11.6. The number of aliphatic hydroxyl groups is 1. The van der Waals surface area contributed by atoms with Crippen molar-refractivity contribution in [3.8, 4) is 0 Å². The Morgan fingerprint density at radius 2 is 2.11 bits per heavy atom. The van der Waals surface area contributed by atoms with Gasteiger partial charge in [-0.15, -0.1) is 0 Å². The van der Waals surface area contributed by atoms with Crippen molar-refractivity contribution in [1.29, 1.82) is 0 Å². The predicted octanol–water partition coefficient (Wildman–Crippen LogP) is 1.63. The third-order valence-corrected chi connectivity index (χ3v) is 5.73. The van der Waals surface area contributed by atoms with E-state index in [1.807, 2.05) is 0 Å². The van der Waals surface area contributed by atoms with Crippen LogP contribution in [-0.2, 0) is 4.84 Å². The van der Waals surface area contributed by atoms with Crippen LogP contribution in [0, 0.1) is 10.8 Å². The minimum Gasteiger partial charge on any atom is -0.399 e. The molecule has 3 fully saturated rings. The maximum atomic E-state index is 10.2. The lowest BCUT2D eigenvalue weighted by molar-refractivity contribution is 0.0930. The molecule has 0 bridgehead atoms. The van der Waals surface area contributed by atoms with Gasteiger partial charge in [-0.2, -0.15) is 0 Å². The highest BCUT2D eigenvalue weighted by atomic mass is 16.6. The van der Waals surface area contributed by atoms with Crippen LogP contribution in [0.15, 0.2) is 5.16 Å². The predicted molar refractivity (Wildman–Crippen MR) is 70.5 cm³/mol. The van der Waals surface area contributed by atoms with Crippen LogP contribution in [0.5, 0.6) is 0 Å². The van der Waals surface area contributed by atoms with Gasteiger partial charge in [-0.1, -0.05) is 25.4 Å². The SMILES string of the molecule is CON=C1[C@H](O)CN2CC[C@]3(CCCC3(C)C)[C@H]12. The molecule has 2 heterocycles. The fraction of sp³-hybridized carbons (Fsp3) is 0.929. The van der Waals surface area contributed by atoms with Gasteiger partial charge in [0.15, 0.2) is 0 Å². The van der Waals surface area contributed by atoms with Crippen LogP contribution in [0.25, 0.3) is 0 Å². The molecule has 0 aromatic heterocycles. The first kappa shape index (κ1) is 12.4. The van der Waals surface area contributed by atoms with E-state index >= 15 is 0 Å². The molecule has 0 aromatic carbocycles. The molecule has 0 amide bonds. The first-order valence-electron chi connectivity index (χ1n) is 7.05. The quantitative estimate of drug-likeness (QED) is 0.722. The topological polar surface area (TPSA) is 45.1 Å². The van der Waals surface area contributed by atoms with E-state index in [4.69, 9.17) is 4.84 Å². The number of nitrogens with zero attached hydrogens (tertiary/aromatic N) is 2. The molecule has 1 saturated carbocycles. The summed E-state index contributed by atoms with van der Waals surface area (Å²) in [4.78, 5) is 7.39. The minimum atomic E-state index is -0.441. The van der Waals surface area contributed by atoms with Gasteiger partial charge in [0.05, 0.1) is 6.04 Å². The zero-order chi connectivity index (χ0) is 13.0. The Bertz CT molecular complexity index is 380. The molecule has 0 aromatic rings. The van der Waals surface area contributed by atoms with E-state index < -0.39 is 6.10 Å². The largest absolute Gasteiger partial charge is 0.399 e. The molecule has 2 saturated heterocycles. The lowest BCUT2D eigenvalue weighted by Gasteiger charge is -2.43. The lowest BCUT2D eigenvalue weighted by atomic mass is 9.62. The third kappa shape index (κ3) is 1.42. The van der Waals surface area contributed by atoms with E-state index in [1.54, 1.807) is 7.11 Å². The number of fused-ring (bicyclic) bond motifs is 2. The van der Waals surface area contributed by atoms with Crippen LogP contribution in [0.3, 0.4) is 0 Å². The monoisotopic (exact) mass is 252 g/mol. The third-order valence-electron chi connectivity index (χ3n) is 5.73. The van der Waals surface area contributed by atoms with Crippen LogP contribution in [-0.4, -0.2) is 48.1 Å². The van der Waals surface area contributed by atoms with E-state index in [0.29, 0.717) is 16.9 Å². The van der Waals surface area contributed by atoms with Crippen LogP contribution in [0.4, 0.5) is 0 Å². The molecule has 2 aliphatic heterocycles. The maximum Gasteiger partial charge on any atom is 0.110 e. The van der Waals surface area contributed by atoms with Crippen molar-refractivity contribution in [2.24, 2.45) is 16.0 Å². The molecule has 4 nitrogen and oxygen atoms in total. The first-order chi connectivity index (χ1) is 8.52. The van der Waals surface area contributed by atoms with Crippen LogP contribution >= 0.6 is 0 Å². The molecule has 18 heavy (non-hydrogen) atoms. The molecule has 3 aliphatic rings. The van der Waals surface area contributed by atoms with Crippen LogP contribution in [0.1, 0.15) is 39.5 Å². The second-order valence-electron chi connectivity index (χ2n) is 6.76. The van der Waals surface area contributed by atoms with E-state index in [0.717, 1.165) is 18.8 Å². The maximum absolute atomic E-state index is 10.2. The molecule has 1 N–H and O–H groups in total. The second kappa shape index (κ2) is 3.94. The molecule has 102 valence electrons. The Hall–Kier alpha value is -0.610. The summed E-state index contributed by atoms with van der Waals surface area (Å²) < 4.78 is 0. The highest BCUT2D eigenvalue weighted by molar-refractivity contribution is 5.96. The Kier molecular flexibility index (Phi) is 2.72. The Balaban J connectivity index is 2.01. The van der Waals surface area contributed by atoms with Crippen molar-refractivity contribution in [2.75, 3.05) is 20.2 Å². The Morgan fingerprint density at radius 1 is 1.33 bits per heavy atom. The fourth-order valence-electron chi connectivity index (χ4n) is 4.74. The number of hydrogen-bond acceptors (Lipinski definition) is 4. The van der Waals surface area contributed by atoms with E-state index in [1.165, 1.54) is 25.7 Å². The highest BCUT2D eigenvalue weighted by Crippen LogP contribution is 2.61. The van der Waals surface area contributed by atoms with Crippen molar-refractivity contribution in [3.05, 3.63) is 0 Å². The van der Waals surface area contributed by atoms with Crippen molar-refractivity contribution in [3.63, 3.8) is 0 Å². The average Bonchev–Trinajstić information content (AvgIpc) is 2.89. The van der Waals surface area contributed by atoms with Crippen LogP contribution < -0.4 is 0 Å². The highest BCUT2D eigenvalue weighted by Gasteiger charge is 2.62. The standard InChI is InChI=1S/C14H24N2O2/c1-13(2)5-4-6-14(13)7-8-16-9-10(17)11(12(14)16)15-18-3/h10,12,17H,4-9H2,1-3H3/t10-,12+,14-/m1/s1. The smallest absolute Gasteiger partial charge is 0.110 e. The van der Waals surface area contributed by atoms with E-state index in [2.05, 4.69) is 23.9 Å². The van der Waals surface area contributed by atoms with Gasteiger partial charge in [0.25, 0.3) is 0 Å². The summed E-state index contributed by atoms with van der Waals surface area (Å²) in [6, 6.07) is 0.296. The van der Waals surface area contributed by atoms with Gasteiger partial charge in [-0.3, -0.25) is 4.90 Å². The van der Waals surface area contributed by atoms with Crippen molar-refractivity contribution < 1.29 is 9.94 Å². The van der Waals surface area contributed by atoms with Gasteiger partial charge >= 0.3 is 0 Å². The number of hydrogen-bond donors (Lipinski definition) is 1. The van der Waals surface area contributed by atoms with Gasteiger partial charge in [0, 0.05) is 6.54 Å². The molecule has 3 atom stereocenters. The summed E-state index contributed by atoms with van der Waals surface area (Å²) in [5.41, 5.74) is 1.50. The molecular weight excluding hydrogens is 228 g/mol. The van der Waals surface area contributed by atoms with Crippen molar-refractivity contribution >= 4 is 5.71 Å². The van der Waals surface area contributed by atoms with Gasteiger partial charge in [0.2, 0.25) is 0 Å². The zero-order valence-corrected chi connectivity index (χ0v) is 11.6. The molecule has 4 heteroatoms.